The lowest BCUT2D eigenvalue weighted by atomic mass is 9.78. The van der Waals surface area contributed by atoms with Gasteiger partial charge in [-0.25, -0.2) is 0 Å². The maximum Gasteiger partial charge on any atom is 0.133 e. The first-order valence-corrected chi connectivity index (χ1v) is 7.59. The predicted molar refractivity (Wildman–Crippen MR) is 85.4 cm³/mol. The summed E-state index contributed by atoms with van der Waals surface area (Å²) in [4.78, 5) is 0. The van der Waals surface area contributed by atoms with Gasteiger partial charge in [0, 0.05) is 5.56 Å². The molecule has 3 nitrogen and oxygen atoms in total. The molecule has 0 aliphatic rings. The van der Waals surface area contributed by atoms with E-state index in [4.69, 9.17) is 9.47 Å². The lowest BCUT2D eigenvalue weighted by molar-refractivity contribution is 0.108. The quantitative estimate of drug-likeness (QED) is 0.849. The second-order valence-electron chi connectivity index (χ2n) is 6.25. The molecule has 0 aromatic heterocycles. The molecular weight excluding hydrogens is 320 g/mol. The summed E-state index contributed by atoms with van der Waals surface area (Å²) >= 11 is 3.43. The van der Waals surface area contributed by atoms with Gasteiger partial charge in [0.2, 0.25) is 0 Å². The van der Waals surface area contributed by atoms with Crippen LogP contribution in [0, 0.1) is 11.3 Å². The van der Waals surface area contributed by atoms with E-state index in [2.05, 4.69) is 43.6 Å². The van der Waals surface area contributed by atoms with Crippen molar-refractivity contribution in [2.75, 3.05) is 14.2 Å². The maximum atomic E-state index is 10.5. The topological polar surface area (TPSA) is 38.7 Å². The average Bonchev–Trinajstić information content (AvgIpc) is 2.36. The van der Waals surface area contributed by atoms with Crippen molar-refractivity contribution < 1.29 is 14.6 Å². The number of rotatable bonds is 5. The maximum absolute atomic E-state index is 10.5. The van der Waals surface area contributed by atoms with Gasteiger partial charge in [-0.3, -0.25) is 0 Å². The van der Waals surface area contributed by atoms with Gasteiger partial charge in [-0.05, 0) is 45.8 Å². The van der Waals surface area contributed by atoms with E-state index in [0.29, 0.717) is 23.8 Å². The number of hydrogen-bond donors (Lipinski definition) is 1. The summed E-state index contributed by atoms with van der Waals surface area (Å²) in [6.07, 6.45) is 0.117. The van der Waals surface area contributed by atoms with Crippen molar-refractivity contribution in [2.45, 2.75) is 40.2 Å². The fourth-order valence-corrected chi connectivity index (χ4v) is 2.44. The van der Waals surface area contributed by atoms with Crippen molar-refractivity contribution in [2.24, 2.45) is 11.3 Å². The third-order valence-electron chi connectivity index (χ3n) is 3.92. The molecule has 0 aliphatic carbocycles. The minimum atomic E-state index is -0.568. The van der Waals surface area contributed by atoms with E-state index in [-0.39, 0.29) is 5.41 Å². The molecule has 114 valence electrons. The Morgan fingerprint density at radius 3 is 2.15 bits per heavy atom. The van der Waals surface area contributed by atoms with Crippen molar-refractivity contribution in [3.8, 4) is 11.5 Å². The monoisotopic (exact) mass is 344 g/mol. The Balaban J connectivity index is 3.05. The SMILES string of the molecule is COc1cc(C(O)CC(C)C(C)(C)C)c(OC)cc1Br. The number of halogens is 1. The molecule has 0 spiro atoms. The van der Waals surface area contributed by atoms with Crippen LogP contribution < -0.4 is 9.47 Å². The molecule has 2 unspecified atom stereocenters. The van der Waals surface area contributed by atoms with Gasteiger partial charge in [-0.15, -0.1) is 0 Å². The van der Waals surface area contributed by atoms with Crippen LogP contribution in [-0.2, 0) is 0 Å². The minimum Gasteiger partial charge on any atom is -0.496 e. The van der Waals surface area contributed by atoms with Crippen molar-refractivity contribution >= 4 is 15.9 Å². The van der Waals surface area contributed by atoms with Gasteiger partial charge in [0.25, 0.3) is 0 Å². The molecule has 1 N–H and O–H groups in total. The van der Waals surface area contributed by atoms with Crippen molar-refractivity contribution in [3.05, 3.63) is 22.2 Å². The Kier molecular flexibility index (Phi) is 5.90. The number of aliphatic hydroxyl groups excluding tert-OH is 1. The molecule has 2 atom stereocenters. The van der Waals surface area contributed by atoms with Crippen LogP contribution in [0.4, 0.5) is 0 Å². The lowest BCUT2D eigenvalue weighted by Gasteiger charge is -2.29. The molecule has 0 aliphatic heterocycles. The summed E-state index contributed by atoms with van der Waals surface area (Å²) in [5.41, 5.74) is 0.928. The van der Waals surface area contributed by atoms with Crippen LogP contribution in [0.25, 0.3) is 0 Å². The van der Waals surface area contributed by atoms with Crippen LogP contribution >= 0.6 is 15.9 Å². The van der Waals surface area contributed by atoms with E-state index in [1.807, 2.05) is 12.1 Å². The third-order valence-corrected chi connectivity index (χ3v) is 4.54. The summed E-state index contributed by atoms with van der Waals surface area (Å²) < 4.78 is 11.5. The molecule has 0 bridgehead atoms. The number of hydrogen-bond acceptors (Lipinski definition) is 3. The van der Waals surface area contributed by atoms with Gasteiger partial charge >= 0.3 is 0 Å². The van der Waals surface area contributed by atoms with E-state index >= 15 is 0 Å². The average molecular weight is 345 g/mol. The molecule has 1 aromatic rings. The van der Waals surface area contributed by atoms with E-state index in [9.17, 15) is 5.11 Å². The van der Waals surface area contributed by atoms with Gasteiger partial charge < -0.3 is 14.6 Å². The van der Waals surface area contributed by atoms with Gasteiger partial charge in [0.1, 0.15) is 11.5 Å². The summed E-state index contributed by atoms with van der Waals surface area (Å²) in [6, 6.07) is 3.67. The van der Waals surface area contributed by atoms with Crippen molar-refractivity contribution in [3.63, 3.8) is 0 Å². The molecule has 0 saturated carbocycles. The molecule has 1 rings (SSSR count). The summed E-state index contributed by atoms with van der Waals surface area (Å²) in [6.45, 7) is 8.71. The van der Waals surface area contributed by atoms with Crippen LogP contribution in [0.3, 0.4) is 0 Å². The smallest absolute Gasteiger partial charge is 0.133 e. The second kappa shape index (κ2) is 6.81. The Bertz CT molecular complexity index is 452. The Hall–Kier alpha value is -0.740. The molecule has 0 heterocycles. The van der Waals surface area contributed by atoms with Crippen LogP contribution in [-0.4, -0.2) is 19.3 Å². The normalized spacial score (nSPS) is 14.8. The highest BCUT2D eigenvalue weighted by molar-refractivity contribution is 9.10. The summed E-state index contributed by atoms with van der Waals surface area (Å²) in [5.74, 6) is 1.76. The zero-order chi connectivity index (χ0) is 15.5. The van der Waals surface area contributed by atoms with Crippen LogP contribution in [0.15, 0.2) is 16.6 Å². The van der Waals surface area contributed by atoms with Gasteiger partial charge in [0.05, 0.1) is 24.8 Å². The highest BCUT2D eigenvalue weighted by Gasteiger charge is 2.25. The Labute approximate surface area is 130 Å². The minimum absolute atomic E-state index is 0.160. The predicted octanol–water partition coefficient (Wildman–Crippen LogP) is 4.57. The molecule has 1 aromatic carbocycles. The van der Waals surface area contributed by atoms with Crippen LogP contribution in [0.2, 0.25) is 0 Å². The number of methoxy groups -OCH3 is 2. The molecule has 20 heavy (non-hydrogen) atoms. The standard InChI is InChI=1S/C16H25BrO3/c1-10(16(2,3)4)7-13(18)11-8-15(20-6)12(17)9-14(11)19-5/h8-10,13,18H,7H2,1-6H3. The summed E-state index contributed by atoms with van der Waals surface area (Å²) in [7, 11) is 3.22. The first-order valence-electron chi connectivity index (χ1n) is 6.80. The lowest BCUT2D eigenvalue weighted by Crippen LogP contribution is -2.20. The highest BCUT2D eigenvalue weighted by atomic mass is 79.9. The van der Waals surface area contributed by atoms with Crippen LogP contribution in [0.1, 0.15) is 45.8 Å². The number of ether oxygens (including phenoxy) is 2. The molecule has 4 heteroatoms. The molecule has 0 radical (unpaired) electrons. The second-order valence-corrected chi connectivity index (χ2v) is 7.10. The Morgan fingerprint density at radius 1 is 1.15 bits per heavy atom. The first-order chi connectivity index (χ1) is 9.20. The number of aliphatic hydroxyl groups is 1. The van der Waals surface area contributed by atoms with E-state index in [0.717, 1.165) is 10.0 Å². The third kappa shape index (κ3) is 4.13. The molecular formula is C16H25BrO3. The summed E-state index contributed by atoms with van der Waals surface area (Å²) in [5, 5.41) is 10.5. The fourth-order valence-electron chi connectivity index (χ4n) is 1.96. The van der Waals surface area contributed by atoms with Gasteiger partial charge in [-0.1, -0.05) is 27.7 Å². The van der Waals surface area contributed by atoms with E-state index < -0.39 is 6.10 Å². The zero-order valence-corrected chi connectivity index (χ0v) is 14.7. The van der Waals surface area contributed by atoms with Crippen molar-refractivity contribution in [1.29, 1.82) is 0 Å². The van der Waals surface area contributed by atoms with Gasteiger partial charge in [-0.2, -0.15) is 0 Å². The fraction of sp³-hybridized carbons (Fsp3) is 0.625. The molecule has 0 saturated heterocycles. The van der Waals surface area contributed by atoms with E-state index in [1.54, 1.807) is 14.2 Å². The van der Waals surface area contributed by atoms with Gasteiger partial charge in [0.15, 0.2) is 0 Å². The largest absolute Gasteiger partial charge is 0.496 e. The highest BCUT2D eigenvalue weighted by Crippen LogP contribution is 2.40. The van der Waals surface area contributed by atoms with Crippen LogP contribution in [0.5, 0.6) is 11.5 Å². The first kappa shape index (κ1) is 17.3. The van der Waals surface area contributed by atoms with Crippen molar-refractivity contribution in [1.82, 2.24) is 0 Å². The van der Waals surface area contributed by atoms with E-state index in [1.165, 1.54) is 0 Å². The zero-order valence-electron chi connectivity index (χ0n) is 13.2. The molecule has 0 amide bonds. The Morgan fingerprint density at radius 2 is 1.70 bits per heavy atom. The number of benzene rings is 1. The molecule has 0 fully saturated rings.